The van der Waals surface area contributed by atoms with E-state index in [0.29, 0.717) is 27.0 Å². The van der Waals surface area contributed by atoms with Crippen molar-refractivity contribution in [2.24, 2.45) is 7.05 Å². The minimum atomic E-state index is -0.513. The summed E-state index contributed by atoms with van der Waals surface area (Å²) in [6.07, 6.45) is 1.62. The molecule has 0 aliphatic heterocycles. The highest BCUT2D eigenvalue weighted by Crippen LogP contribution is 2.37. The van der Waals surface area contributed by atoms with E-state index in [1.54, 1.807) is 7.11 Å². The molecule has 4 aromatic rings. The first kappa shape index (κ1) is 25.5. The van der Waals surface area contributed by atoms with Gasteiger partial charge in [-0.1, -0.05) is 54.2 Å². The molecule has 1 N–H and O–H groups in total. The molecule has 0 unspecified atom stereocenters. The van der Waals surface area contributed by atoms with Crippen molar-refractivity contribution in [2.75, 3.05) is 25.3 Å². The normalized spacial score (nSPS) is 10.8. The van der Waals surface area contributed by atoms with Gasteiger partial charge < -0.3 is 19.4 Å². The third-order valence-corrected chi connectivity index (χ3v) is 7.49. The van der Waals surface area contributed by atoms with Crippen LogP contribution in [-0.2, 0) is 29.4 Å². The smallest absolute Gasteiger partial charge is 0.341 e. The van der Waals surface area contributed by atoms with Crippen molar-refractivity contribution < 1.29 is 19.1 Å². The quantitative estimate of drug-likeness (QED) is 0.235. The van der Waals surface area contributed by atoms with Gasteiger partial charge in [-0.15, -0.1) is 21.5 Å². The number of amides is 1. The Morgan fingerprint density at radius 1 is 1.03 bits per heavy atom. The summed E-state index contributed by atoms with van der Waals surface area (Å²) in [5, 5.41) is 14.3. The largest absolute Gasteiger partial charge is 0.497 e. The number of carbonyl (C=O) groups excluding carboxylic acids is 2. The number of hydrogen-bond donors (Lipinski definition) is 1. The number of carbonyl (C=O) groups is 2. The predicted molar refractivity (Wildman–Crippen MR) is 142 cm³/mol. The first-order chi connectivity index (χ1) is 17.5. The van der Waals surface area contributed by atoms with Gasteiger partial charge >= 0.3 is 5.97 Å². The zero-order valence-corrected chi connectivity index (χ0v) is 21.8. The molecule has 0 aliphatic rings. The Morgan fingerprint density at radius 2 is 1.78 bits per heavy atom. The molecule has 0 radical (unpaired) electrons. The maximum absolute atomic E-state index is 12.8. The topological polar surface area (TPSA) is 95.3 Å². The zero-order chi connectivity index (χ0) is 25.5. The number of rotatable bonds is 10. The van der Waals surface area contributed by atoms with Crippen LogP contribution in [0.1, 0.15) is 21.7 Å². The van der Waals surface area contributed by atoms with Gasteiger partial charge in [0.25, 0.3) is 0 Å². The van der Waals surface area contributed by atoms with Gasteiger partial charge in [0, 0.05) is 24.4 Å². The highest BCUT2D eigenvalue weighted by Gasteiger charge is 2.23. The van der Waals surface area contributed by atoms with Crippen LogP contribution in [0.15, 0.2) is 65.1 Å². The molecular formula is C26H26N4O4S2. The minimum Gasteiger partial charge on any atom is -0.497 e. The maximum Gasteiger partial charge on any atom is 0.341 e. The van der Waals surface area contributed by atoms with E-state index < -0.39 is 5.97 Å². The fourth-order valence-electron chi connectivity index (χ4n) is 3.62. The number of hydrogen-bond acceptors (Lipinski definition) is 8. The Hall–Kier alpha value is -3.63. The molecule has 0 spiro atoms. The Balaban J connectivity index is 1.41. The van der Waals surface area contributed by atoms with Crippen molar-refractivity contribution in [3.63, 3.8) is 0 Å². The third kappa shape index (κ3) is 5.95. The number of aryl methyl sites for hydroxylation is 2. The first-order valence-electron chi connectivity index (χ1n) is 11.2. The lowest BCUT2D eigenvalue weighted by Gasteiger charge is -2.08. The molecular weight excluding hydrogens is 496 g/mol. The number of esters is 1. The molecule has 4 rings (SSSR count). The van der Waals surface area contributed by atoms with Gasteiger partial charge in [0.2, 0.25) is 5.91 Å². The van der Waals surface area contributed by atoms with Crippen molar-refractivity contribution >= 4 is 40.0 Å². The summed E-state index contributed by atoms with van der Waals surface area (Å²) in [4.78, 5) is 25.3. The van der Waals surface area contributed by atoms with Crippen LogP contribution >= 0.6 is 23.1 Å². The molecule has 2 heterocycles. The van der Waals surface area contributed by atoms with Crippen molar-refractivity contribution in [3.8, 4) is 16.9 Å². The monoisotopic (exact) mass is 522 g/mol. The van der Waals surface area contributed by atoms with E-state index in [-0.39, 0.29) is 11.7 Å². The number of methoxy groups -OCH3 is 2. The summed E-state index contributed by atoms with van der Waals surface area (Å²) in [5.74, 6) is 0.938. The molecule has 0 fully saturated rings. The molecule has 186 valence electrons. The molecule has 2 aromatic carbocycles. The summed E-state index contributed by atoms with van der Waals surface area (Å²) in [5.41, 5.74) is 3.08. The van der Waals surface area contributed by atoms with Crippen LogP contribution in [0.5, 0.6) is 5.75 Å². The van der Waals surface area contributed by atoms with Crippen LogP contribution in [-0.4, -0.2) is 46.6 Å². The number of anilines is 1. The number of thioether (sulfide) groups is 1. The lowest BCUT2D eigenvalue weighted by Crippen LogP contribution is -2.16. The number of nitrogens with one attached hydrogen (secondary N) is 1. The van der Waals surface area contributed by atoms with Gasteiger partial charge in [-0.25, -0.2) is 4.79 Å². The van der Waals surface area contributed by atoms with Crippen LogP contribution in [0.2, 0.25) is 0 Å². The Labute approximate surface area is 217 Å². The van der Waals surface area contributed by atoms with Gasteiger partial charge in [0.15, 0.2) is 5.16 Å². The third-order valence-electron chi connectivity index (χ3n) is 5.57. The second-order valence-electron chi connectivity index (χ2n) is 7.85. The second-order valence-corrected chi connectivity index (χ2v) is 9.68. The standard InChI is InChI=1S/C26H26N4O4S2/c1-30-21(14-9-17-7-5-4-6-8-17)28-29-26(30)36-16-22(31)27-24-23(25(32)34-3)20(15-35-24)18-10-12-19(33-2)13-11-18/h4-8,10-13,15H,9,14,16H2,1-3H3,(H,27,31). The molecule has 0 aliphatic carbocycles. The summed E-state index contributed by atoms with van der Waals surface area (Å²) in [6.45, 7) is 0. The number of thiophene rings is 1. The van der Waals surface area contributed by atoms with Crippen LogP contribution in [0, 0.1) is 0 Å². The van der Waals surface area contributed by atoms with E-state index in [0.717, 1.165) is 24.2 Å². The van der Waals surface area contributed by atoms with Crippen LogP contribution < -0.4 is 10.1 Å². The van der Waals surface area contributed by atoms with Gasteiger partial charge in [0.05, 0.1) is 20.0 Å². The number of ether oxygens (including phenoxy) is 2. The van der Waals surface area contributed by atoms with E-state index >= 15 is 0 Å². The van der Waals surface area contributed by atoms with Crippen molar-refractivity contribution in [1.82, 2.24) is 14.8 Å². The van der Waals surface area contributed by atoms with Gasteiger partial charge in [-0.2, -0.15) is 0 Å². The molecule has 8 nitrogen and oxygen atoms in total. The van der Waals surface area contributed by atoms with Gasteiger partial charge in [-0.05, 0) is 29.7 Å². The first-order valence-corrected chi connectivity index (χ1v) is 13.1. The van der Waals surface area contributed by atoms with Gasteiger partial charge in [0.1, 0.15) is 22.1 Å². The highest BCUT2D eigenvalue weighted by molar-refractivity contribution is 7.99. The molecule has 0 saturated carbocycles. The number of benzene rings is 2. The molecule has 10 heteroatoms. The van der Waals surface area contributed by atoms with E-state index in [1.807, 2.05) is 59.5 Å². The van der Waals surface area contributed by atoms with Crippen molar-refractivity contribution in [1.29, 1.82) is 0 Å². The average molecular weight is 523 g/mol. The number of nitrogens with zero attached hydrogens (tertiary/aromatic N) is 3. The molecule has 1 amide bonds. The zero-order valence-electron chi connectivity index (χ0n) is 20.2. The molecule has 2 aromatic heterocycles. The lowest BCUT2D eigenvalue weighted by atomic mass is 10.0. The van der Waals surface area contributed by atoms with Crippen LogP contribution in [0.3, 0.4) is 0 Å². The Morgan fingerprint density at radius 3 is 2.47 bits per heavy atom. The summed E-state index contributed by atoms with van der Waals surface area (Å²) in [7, 11) is 4.82. The second kappa shape index (κ2) is 11.9. The summed E-state index contributed by atoms with van der Waals surface area (Å²) >= 11 is 2.58. The van der Waals surface area contributed by atoms with Crippen LogP contribution in [0.4, 0.5) is 5.00 Å². The van der Waals surface area contributed by atoms with E-state index in [9.17, 15) is 9.59 Å². The molecule has 0 atom stereocenters. The van der Waals surface area contributed by atoms with E-state index in [1.165, 1.54) is 35.8 Å². The summed E-state index contributed by atoms with van der Waals surface area (Å²) < 4.78 is 12.1. The molecule has 0 bridgehead atoms. The van der Waals surface area contributed by atoms with Crippen molar-refractivity contribution in [3.05, 3.63) is 76.9 Å². The SMILES string of the molecule is COC(=O)c1c(-c2ccc(OC)cc2)csc1NC(=O)CSc1nnc(CCc2ccccc2)n1C. The lowest BCUT2D eigenvalue weighted by molar-refractivity contribution is -0.113. The van der Waals surface area contributed by atoms with E-state index in [2.05, 4.69) is 27.6 Å². The maximum atomic E-state index is 12.8. The molecule has 36 heavy (non-hydrogen) atoms. The van der Waals surface area contributed by atoms with E-state index in [4.69, 9.17) is 9.47 Å². The molecule has 0 saturated heterocycles. The highest BCUT2D eigenvalue weighted by atomic mass is 32.2. The predicted octanol–water partition coefficient (Wildman–Crippen LogP) is 4.85. The Bertz CT molecular complexity index is 1330. The fourth-order valence-corrected chi connectivity index (χ4v) is 5.32. The van der Waals surface area contributed by atoms with Gasteiger partial charge in [-0.3, -0.25) is 4.79 Å². The minimum absolute atomic E-state index is 0.126. The van der Waals surface area contributed by atoms with Crippen LogP contribution in [0.25, 0.3) is 11.1 Å². The van der Waals surface area contributed by atoms with Crippen molar-refractivity contribution in [2.45, 2.75) is 18.0 Å². The number of aromatic nitrogens is 3. The Kier molecular flexibility index (Phi) is 8.40. The average Bonchev–Trinajstić information content (AvgIpc) is 3.49. The summed E-state index contributed by atoms with van der Waals surface area (Å²) in [6, 6.07) is 17.6. The fraction of sp³-hybridized carbons (Fsp3) is 0.231.